The summed E-state index contributed by atoms with van der Waals surface area (Å²) in [5.74, 6) is -1.57. The molecule has 1 aromatic carbocycles. The first-order chi connectivity index (χ1) is 9.37. The lowest BCUT2D eigenvalue weighted by Gasteiger charge is -2.29. The lowest BCUT2D eigenvalue weighted by molar-refractivity contribution is -0.383. The van der Waals surface area contributed by atoms with E-state index < -0.39 is 23.6 Å². The Balaban J connectivity index is 2.41. The van der Waals surface area contributed by atoms with Crippen LogP contribution in [0.1, 0.15) is 13.3 Å². The summed E-state index contributed by atoms with van der Waals surface area (Å²) < 4.78 is 30.7. The highest BCUT2D eigenvalue weighted by atomic mass is 35.5. The first-order valence-corrected chi connectivity index (χ1v) is 6.21. The summed E-state index contributed by atoms with van der Waals surface area (Å²) in [4.78, 5) is 10.4. The van der Waals surface area contributed by atoms with Crippen LogP contribution in [0.2, 0.25) is 5.02 Å². The minimum Gasteiger partial charge on any atom is -0.338 e. The van der Waals surface area contributed by atoms with Crippen LogP contribution in [0.5, 0.6) is 0 Å². The van der Waals surface area contributed by atoms with E-state index in [1.807, 2.05) is 0 Å². The Kier molecular flexibility index (Phi) is 3.96. The standard InChI is InChI=1S/C11H12ClF2N3O3/c1-2-20-11(5-9(13)14)15-7-3-6(12)4-8(17(18)19)10(7)16-11/h3-4,9,15-16H,2,5H2,1H3. The Labute approximate surface area is 118 Å². The number of ether oxygens (including phenoxy) is 1. The number of nitrogens with one attached hydrogen (secondary N) is 2. The molecule has 0 aromatic heterocycles. The number of alkyl halides is 2. The maximum atomic E-state index is 12.7. The Morgan fingerprint density at radius 1 is 1.50 bits per heavy atom. The third-order valence-corrected chi connectivity index (χ3v) is 2.99. The zero-order chi connectivity index (χ0) is 14.9. The maximum Gasteiger partial charge on any atom is 0.296 e. The Bertz CT molecular complexity index is 544. The second-order valence-electron chi connectivity index (χ2n) is 4.21. The van der Waals surface area contributed by atoms with E-state index in [-0.39, 0.29) is 28.7 Å². The Morgan fingerprint density at radius 3 is 2.75 bits per heavy atom. The largest absolute Gasteiger partial charge is 0.338 e. The highest BCUT2D eigenvalue weighted by Crippen LogP contribution is 2.44. The molecule has 2 rings (SSSR count). The van der Waals surface area contributed by atoms with Crippen molar-refractivity contribution in [1.29, 1.82) is 0 Å². The van der Waals surface area contributed by atoms with E-state index in [4.69, 9.17) is 16.3 Å². The van der Waals surface area contributed by atoms with E-state index in [1.165, 1.54) is 6.07 Å². The van der Waals surface area contributed by atoms with Crippen LogP contribution in [-0.2, 0) is 4.74 Å². The molecule has 0 fully saturated rings. The summed E-state index contributed by atoms with van der Waals surface area (Å²) in [5, 5.41) is 16.5. The van der Waals surface area contributed by atoms with Gasteiger partial charge in [-0.15, -0.1) is 0 Å². The topological polar surface area (TPSA) is 76.4 Å². The van der Waals surface area contributed by atoms with Gasteiger partial charge in [-0.25, -0.2) is 8.78 Å². The van der Waals surface area contributed by atoms with Crippen LogP contribution >= 0.6 is 11.6 Å². The smallest absolute Gasteiger partial charge is 0.296 e. The van der Waals surface area contributed by atoms with E-state index in [2.05, 4.69) is 10.6 Å². The summed E-state index contributed by atoms with van der Waals surface area (Å²) in [7, 11) is 0. The fourth-order valence-electron chi connectivity index (χ4n) is 2.11. The highest BCUT2D eigenvalue weighted by molar-refractivity contribution is 6.31. The quantitative estimate of drug-likeness (QED) is 0.644. The summed E-state index contributed by atoms with van der Waals surface area (Å²) in [6, 6.07) is 2.57. The average Bonchev–Trinajstić information content (AvgIpc) is 2.64. The van der Waals surface area contributed by atoms with Crippen molar-refractivity contribution in [3.63, 3.8) is 0 Å². The summed E-state index contributed by atoms with van der Waals surface area (Å²) >= 11 is 5.79. The molecular weight excluding hydrogens is 296 g/mol. The maximum absolute atomic E-state index is 12.7. The third-order valence-electron chi connectivity index (χ3n) is 2.78. The van der Waals surface area contributed by atoms with Crippen LogP contribution in [0.15, 0.2) is 12.1 Å². The number of nitro benzene ring substituents is 1. The van der Waals surface area contributed by atoms with Crippen LogP contribution in [-0.4, -0.2) is 23.8 Å². The highest BCUT2D eigenvalue weighted by Gasteiger charge is 2.43. The van der Waals surface area contributed by atoms with Gasteiger partial charge in [-0.1, -0.05) is 11.6 Å². The molecule has 1 aliphatic rings. The van der Waals surface area contributed by atoms with Crippen molar-refractivity contribution >= 4 is 28.7 Å². The van der Waals surface area contributed by atoms with E-state index >= 15 is 0 Å². The molecule has 110 valence electrons. The summed E-state index contributed by atoms with van der Waals surface area (Å²) in [6.07, 6.45) is -3.31. The molecule has 1 unspecified atom stereocenters. The molecule has 6 nitrogen and oxygen atoms in total. The predicted octanol–water partition coefficient (Wildman–Crippen LogP) is 3.43. The van der Waals surface area contributed by atoms with Gasteiger partial charge in [-0.05, 0) is 13.0 Å². The van der Waals surface area contributed by atoms with Gasteiger partial charge in [0.15, 0.2) is 0 Å². The van der Waals surface area contributed by atoms with E-state index in [9.17, 15) is 18.9 Å². The summed E-state index contributed by atoms with van der Waals surface area (Å²) in [6.45, 7) is 1.79. The molecule has 20 heavy (non-hydrogen) atoms. The van der Waals surface area contributed by atoms with Crippen molar-refractivity contribution < 1.29 is 18.4 Å². The molecule has 0 saturated heterocycles. The normalized spacial score (nSPS) is 20.4. The van der Waals surface area contributed by atoms with Crippen molar-refractivity contribution in [2.24, 2.45) is 0 Å². The number of halogens is 3. The van der Waals surface area contributed by atoms with Crippen LogP contribution in [0.4, 0.5) is 25.8 Å². The predicted molar refractivity (Wildman–Crippen MR) is 70.3 cm³/mol. The monoisotopic (exact) mass is 307 g/mol. The lowest BCUT2D eigenvalue weighted by atomic mass is 10.2. The molecule has 2 N–H and O–H groups in total. The number of benzene rings is 1. The van der Waals surface area contributed by atoms with Gasteiger partial charge in [0.05, 0.1) is 17.0 Å². The van der Waals surface area contributed by atoms with Crippen molar-refractivity contribution in [2.75, 3.05) is 17.2 Å². The Morgan fingerprint density at radius 2 is 2.20 bits per heavy atom. The molecule has 1 aliphatic heterocycles. The molecule has 0 bridgehead atoms. The zero-order valence-corrected chi connectivity index (χ0v) is 11.2. The first-order valence-electron chi connectivity index (χ1n) is 5.83. The van der Waals surface area contributed by atoms with Crippen LogP contribution in [0, 0.1) is 10.1 Å². The molecule has 1 aromatic rings. The second kappa shape index (κ2) is 5.37. The van der Waals surface area contributed by atoms with Crippen molar-refractivity contribution in [2.45, 2.75) is 25.6 Å². The number of nitro groups is 1. The van der Waals surface area contributed by atoms with Crippen LogP contribution in [0.25, 0.3) is 0 Å². The number of nitrogens with zero attached hydrogens (tertiary/aromatic N) is 1. The van der Waals surface area contributed by atoms with Crippen molar-refractivity contribution in [3.05, 3.63) is 27.3 Å². The molecule has 0 aliphatic carbocycles. The molecular formula is C11H12ClF2N3O3. The molecule has 0 amide bonds. The van der Waals surface area contributed by atoms with Crippen LogP contribution < -0.4 is 10.6 Å². The van der Waals surface area contributed by atoms with Crippen LogP contribution in [0.3, 0.4) is 0 Å². The minimum absolute atomic E-state index is 0.0912. The molecule has 1 heterocycles. The van der Waals surface area contributed by atoms with Gasteiger partial charge in [0.1, 0.15) is 5.69 Å². The minimum atomic E-state index is -2.65. The van der Waals surface area contributed by atoms with E-state index in [0.717, 1.165) is 6.07 Å². The lowest BCUT2D eigenvalue weighted by Crippen LogP contribution is -2.46. The van der Waals surface area contributed by atoms with Crippen molar-refractivity contribution in [3.8, 4) is 0 Å². The number of rotatable bonds is 5. The average molecular weight is 308 g/mol. The molecule has 1 atom stereocenters. The van der Waals surface area contributed by atoms with E-state index in [0.29, 0.717) is 0 Å². The second-order valence-corrected chi connectivity index (χ2v) is 4.65. The van der Waals surface area contributed by atoms with Gasteiger partial charge in [-0.3, -0.25) is 10.1 Å². The number of hydrogen-bond donors (Lipinski definition) is 2. The van der Waals surface area contributed by atoms with Gasteiger partial charge in [0.2, 0.25) is 12.3 Å². The van der Waals surface area contributed by atoms with Crippen molar-refractivity contribution in [1.82, 2.24) is 0 Å². The fourth-order valence-corrected chi connectivity index (χ4v) is 2.33. The summed E-state index contributed by atoms with van der Waals surface area (Å²) in [5.41, 5.74) is 0.0580. The van der Waals surface area contributed by atoms with Gasteiger partial charge < -0.3 is 15.4 Å². The first kappa shape index (κ1) is 14.7. The molecule has 0 spiro atoms. The third kappa shape index (κ3) is 2.75. The molecule has 9 heteroatoms. The van der Waals surface area contributed by atoms with Gasteiger partial charge in [0.25, 0.3) is 5.69 Å². The van der Waals surface area contributed by atoms with E-state index in [1.54, 1.807) is 6.92 Å². The van der Waals surface area contributed by atoms with Gasteiger partial charge >= 0.3 is 0 Å². The Hall–Kier alpha value is -1.67. The molecule has 0 saturated carbocycles. The number of fused-ring (bicyclic) bond motifs is 1. The SMILES string of the molecule is CCOC1(CC(F)F)Nc2cc(Cl)cc([N+](=O)[O-])c2N1. The van der Waals surface area contributed by atoms with Gasteiger partial charge in [0, 0.05) is 17.7 Å². The number of anilines is 2. The number of hydrogen-bond acceptors (Lipinski definition) is 5. The fraction of sp³-hybridized carbons (Fsp3) is 0.455. The molecule has 0 radical (unpaired) electrons. The zero-order valence-electron chi connectivity index (χ0n) is 10.5. The van der Waals surface area contributed by atoms with Gasteiger partial charge in [-0.2, -0.15) is 0 Å².